The molecule has 262 valence electrons. The molecule has 0 radical (unpaired) electrons. The highest BCUT2D eigenvalue weighted by Gasteiger charge is 2.32. The van der Waals surface area contributed by atoms with Gasteiger partial charge >= 0.3 is 5.97 Å². The van der Waals surface area contributed by atoms with Crippen LogP contribution in [0.15, 0.2) is 0 Å². The van der Waals surface area contributed by atoms with Crippen LogP contribution in [-0.4, -0.2) is 82.5 Å². The Morgan fingerprint density at radius 2 is 1.29 bits per heavy atom. The lowest BCUT2D eigenvalue weighted by molar-refractivity contribution is -0.137. The average molecular weight is 644 g/mol. The van der Waals surface area contributed by atoms with Gasteiger partial charge in [0.05, 0.1) is 18.6 Å². The second kappa shape index (κ2) is 24.1. The summed E-state index contributed by atoms with van der Waals surface area (Å²) in [5.41, 5.74) is 0. The van der Waals surface area contributed by atoms with E-state index in [1.165, 1.54) is 0 Å². The summed E-state index contributed by atoms with van der Waals surface area (Å²) in [6, 6.07) is -3.40. The zero-order valence-corrected chi connectivity index (χ0v) is 27.7. The Morgan fingerprint density at radius 3 is 1.78 bits per heavy atom. The zero-order chi connectivity index (χ0) is 33.8. The molecule has 0 bridgehead atoms. The summed E-state index contributed by atoms with van der Waals surface area (Å²) in [5.74, 6) is -3.52. The van der Waals surface area contributed by atoms with E-state index in [1.807, 2.05) is 34.6 Å². The first-order chi connectivity index (χ1) is 20.7. The number of likely N-dealkylation sites (N-methyl/N-ethyl adjacent to an activating group) is 1. The van der Waals surface area contributed by atoms with E-state index in [9.17, 15) is 33.9 Å². The van der Waals surface area contributed by atoms with Crippen molar-refractivity contribution in [3.8, 4) is 0 Å². The Labute approximate surface area is 269 Å². The molecule has 0 aromatic heterocycles. The normalized spacial score (nSPS) is 14.9. The number of hydrogen-bond acceptors (Lipinski definition) is 7. The summed E-state index contributed by atoms with van der Waals surface area (Å²) in [7, 11) is 0. The van der Waals surface area contributed by atoms with Gasteiger partial charge in [-0.05, 0) is 44.4 Å². The third kappa shape index (κ3) is 18.4. The van der Waals surface area contributed by atoms with Crippen LogP contribution in [0.25, 0.3) is 0 Å². The maximum Gasteiger partial charge on any atom is 0.303 e. The van der Waals surface area contributed by atoms with Crippen LogP contribution >= 0.6 is 0 Å². The molecule has 0 aromatic carbocycles. The minimum atomic E-state index is -1.24. The topological polar surface area (TPSA) is 203 Å². The molecule has 5 amide bonds. The monoisotopic (exact) mass is 643 g/mol. The number of rotatable bonds is 23. The van der Waals surface area contributed by atoms with Gasteiger partial charge in [-0.25, -0.2) is 0 Å². The van der Waals surface area contributed by atoms with Crippen molar-refractivity contribution >= 4 is 35.5 Å². The number of carboxylic acids is 1. The standard InChI is InChI=1S/C31H57N5O8.CH4/c1-8-13-21(29(42)32-11-4)33-26(39)18-24(37)23(17-19(5)6)35-30(43)22(14-9-2)34-31(44)28(20(7)10-3)36-25(38)15-12-16-27(40)41;/h19-24,28,37H,8-18H2,1-7H3,(H,32,42)(H,33,39)(H,34,44)(H,35,43)(H,36,38)(H,40,41);1H4/t20-,21-,22-,23-,24-,28-;/m0./s1. The van der Waals surface area contributed by atoms with Crippen LogP contribution in [-0.2, 0) is 28.8 Å². The van der Waals surface area contributed by atoms with Crippen LogP contribution in [0.2, 0.25) is 0 Å². The van der Waals surface area contributed by atoms with E-state index in [0.717, 1.165) is 0 Å². The molecule has 0 unspecified atom stereocenters. The highest BCUT2D eigenvalue weighted by Crippen LogP contribution is 2.14. The Bertz CT molecular complexity index is 929. The fraction of sp³-hybridized carbons (Fsp3) is 0.812. The summed E-state index contributed by atoms with van der Waals surface area (Å²) in [4.78, 5) is 75.1. The predicted molar refractivity (Wildman–Crippen MR) is 174 cm³/mol. The Morgan fingerprint density at radius 1 is 0.711 bits per heavy atom. The first-order valence-electron chi connectivity index (χ1n) is 16.1. The van der Waals surface area contributed by atoms with Crippen molar-refractivity contribution in [2.45, 2.75) is 150 Å². The summed E-state index contributed by atoms with van der Waals surface area (Å²) in [6.07, 6.45) is 1.28. The van der Waals surface area contributed by atoms with Gasteiger partial charge in [0.1, 0.15) is 18.1 Å². The van der Waals surface area contributed by atoms with Crippen LogP contribution in [0.5, 0.6) is 0 Å². The van der Waals surface area contributed by atoms with Gasteiger partial charge in [0.2, 0.25) is 29.5 Å². The highest BCUT2D eigenvalue weighted by molar-refractivity contribution is 5.92. The smallest absolute Gasteiger partial charge is 0.303 e. The summed E-state index contributed by atoms with van der Waals surface area (Å²) >= 11 is 0. The SMILES string of the molecule is C.CCC[C@H](NC(=O)C[C@H](O)[C@H](CC(C)C)NC(=O)[C@H](CCC)NC(=O)[C@@H](NC(=O)CCCC(=O)O)[C@@H](C)CC)C(=O)NCC. The minimum absolute atomic E-state index is 0. The van der Waals surface area contributed by atoms with Gasteiger partial charge in [-0.3, -0.25) is 28.8 Å². The molecule has 6 atom stereocenters. The van der Waals surface area contributed by atoms with Gasteiger partial charge < -0.3 is 36.8 Å². The molecule has 0 saturated carbocycles. The fourth-order valence-electron chi connectivity index (χ4n) is 4.71. The second-order valence-corrected chi connectivity index (χ2v) is 11.8. The van der Waals surface area contributed by atoms with Gasteiger partial charge in [0.25, 0.3) is 0 Å². The van der Waals surface area contributed by atoms with Gasteiger partial charge in [-0.1, -0.05) is 68.2 Å². The van der Waals surface area contributed by atoms with Crippen LogP contribution < -0.4 is 26.6 Å². The summed E-state index contributed by atoms with van der Waals surface area (Å²) in [5, 5.41) is 33.5. The van der Waals surface area contributed by atoms with Crippen molar-refractivity contribution in [1.82, 2.24) is 26.6 Å². The number of aliphatic hydroxyl groups excluding tert-OH is 1. The van der Waals surface area contributed by atoms with Gasteiger partial charge in [-0.15, -0.1) is 0 Å². The maximum absolute atomic E-state index is 13.4. The quantitative estimate of drug-likeness (QED) is 0.0879. The molecule has 0 rings (SSSR count). The molecule has 0 fully saturated rings. The van der Waals surface area contributed by atoms with Crippen molar-refractivity contribution in [3.63, 3.8) is 0 Å². The number of nitrogens with one attached hydrogen (secondary N) is 5. The number of carbonyl (C=O) groups excluding carboxylic acids is 5. The molecule has 0 saturated heterocycles. The number of amides is 5. The van der Waals surface area contributed by atoms with E-state index in [2.05, 4.69) is 26.6 Å². The van der Waals surface area contributed by atoms with Crippen molar-refractivity contribution in [1.29, 1.82) is 0 Å². The van der Waals surface area contributed by atoms with Crippen LogP contribution in [0.4, 0.5) is 0 Å². The van der Waals surface area contributed by atoms with Crippen LogP contribution in [0.3, 0.4) is 0 Å². The number of aliphatic carboxylic acids is 1. The third-order valence-corrected chi connectivity index (χ3v) is 7.31. The number of aliphatic hydroxyl groups is 1. The largest absolute Gasteiger partial charge is 0.481 e. The summed E-state index contributed by atoms with van der Waals surface area (Å²) < 4.78 is 0. The predicted octanol–water partition coefficient (Wildman–Crippen LogP) is 2.40. The first-order valence-corrected chi connectivity index (χ1v) is 16.1. The van der Waals surface area contributed by atoms with Crippen LogP contribution in [0.1, 0.15) is 120 Å². The van der Waals surface area contributed by atoms with E-state index in [1.54, 1.807) is 13.8 Å². The molecular weight excluding hydrogens is 582 g/mol. The van der Waals surface area contributed by atoms with Gasteiger partial charge in [0, 0.05) is 19.4 Å². The van der Waals surface area contributed by atoms with E-state index in [4.69, 9.17) is 5.11 Å². The molecule has 7 N–H and O–H groups in total. The number of carbonyl (C=O) groups is 6. The Balaban J connectivity index is 0. The molecular formula is C32H61N5O8. The number of carboxylic acid groups (broad SMARTS) is 1. The lowest BCUT2D eigenvalue weighted by atomic mass is 9.95. The number of hydrogen-bond donors (Lipinski definition) is 7. The van der Waals surface area contributed by atoms with Gasteiger partial charge in [0.15, 0.2) is 0 Å². The molecule has 13 nitrogen and oxygen atoms in total. The second-order valence-electron chi connectivity index (χ2n) is 11.8. The molecule has 0 aliphatic carbocycles. The van der Waals surface area contributed by atoms with Crippen molar-refractivity contribution < 1.29 is 39.0 Å². The van der Waals surface area contributed by atoms with Crippen molar-refractivity contribution in [2.24, 2.45) is 11.8 Å². The Hall–Kier alpha value is -3.22. The maximum atomic E-state index is 13.4. The van der Waals surface area contributed by atoms with Crippen LogP contribution in [0, 0.1) is 11.8 Å². The third-order valence-electron chi connectivity index (χ3n) is 7.31. The van der Waals surface area contributed by atoms with E-state index in [-0.39, 0.29) is 50.9 Å². The lowest BCUT2D eigenvalue weighted by Gasteiger charge is -2.30. The first kappa shape index (κ1) is 43.9. The molecule has 0 aliphatic heterocycles. The minimum Gasteiger partial charge on any atom is -0.481 e. The summed E-state index contributed by atoms with van der Waals surface area (Å²) in [6.45, 7) is 13.5. The molecule has 45 heavy (non-hydrogen) atoms. The lowest BCUT2D eigenvalue weighted by Crippen LogP contribution is -2.57. The van der Waals surface area contributed by atoms with Crippen molar-refractivity contribution in [3.05, 3.63) is 0 Å². The molecule has 13 heteroatoms. The molecule has 0 aromatic rings. The highest BCUT2D eigenvalue weighted by atomic mass is 16.4. The molecule has 0 spiro atoms. The zero-order valence-electron chi connectivity index (χ0n) is 27.7. The van der Waals surface area contributed by atoms with E-state index < -0.39 is 59.9 Å². The fourth-order valence-corrected chi connectivity index (χ4v) is 4.71. The van der Waals surface area contributed by atoms with E-state index in [0.29, 0.717) is 45.1 Å². The van der Waals surface area contributed by atoms with Crippen molar-refractivity contribution in [2.75, 3.05) is 6.54 Å². The molecule has 0 aliphatic rings. The van der Waals surface area contributed by atoms with Gasteiger partial charge in [-0.2, -0.15) is 0 Å². The average Bonchev–Trinajstić information content (AvgIpc) is 2.94. The Kier molecular flexibility index (Phi) is 23.5. The van der Waals surface area contributed by atoms with E-state index >= 15 is 0 Å². The molecule has 0 heterocycles.